The first-order valence-electron chi connectivity index (χ1n) is 8.96. The summed E-state index contributed by atoms with van der Waals surface area (Å²) >= 11 is 1.48. The van der Waals surface area contributed by atoms with E-state index in [0.717, 1.165) is 17.7 Å². The predicted octanol–water partition coefficient (Wildman–Crippen LogP) is 3.11. The minimum absolute atomic E-state index is 0.0702. The van der Waals surface area contributed by atoms with Crippen molar-refractivity contribution in [3.05, 3.63) is 45.4 Å². The molecule has 0 saturated carbocycles. The van der Waals surface area contributed by atoms with Crippen molar-refractivity contribution in [2.45, 2.75) is 45.2 Å². The second kappa shape index (κ2) is 7.15. The Bertz CT molecular complexity index is 885. The summed E-state index contributed by atoms with van der Waals surface area (Å²) < 4.78 is 10.6. The van der Waals surface area contributed by atoms with E-state index in [1.165, 1.54) is 16.2 Å². The van der Waals surface area contributed by atoms with Gasteiger partial charge in [-0.3, -0.25) is 4.90 Å². The predicted molar refractivity (Wildman–Crippen MR) is 96.7 cm³/mol. The SMILES string of the molecule is CCC(CC)c1nc(CN2C(=O)N[C@H](c3cccs3)C3=C2COC3=O)no1. The van der Waals surface area contributed by atoms with Crippen molar-refractivity contribution < 1.29 is 18.8 Å². The smallest absolute Gasteiger partial charge is 0.338 e. The maximum atomic E-state index is 12.7. The summed E-state index contributed by atoms with van der Waals surface area (Å²) in [4.78, 5) is 31.8. The molecule has 2 aliphatic rings. The fourth-order valence-electron chi connectivity index (χ4n) is 3.42. The Morgan fingerprint density at radius 2 is 2.19 bits per heavy atom. The number of aromatic nitrogens is 2. The number of carbonyl (C=O) groups is 2. The van der Waals surface area contributed by atoms with Crippen molar-refractivity contribution in [3.8, 4) is 0 Å². The lowest BCUT2D eigenvalue weighted by Crippen LogP contribution is -2.46. The maximum Gasteiger partial charge on any atom is 0.338 e. The average molecular weight is 388 g/mol. The third-order valence-electron chi connectivity index (χ3n) is 4.94. The van der Waals surface area contributed by atoms with Crippen LogP contribution in [-0.2, 0) is 16.1 Å². The van der Waals surface area contributed by atoms with Gasteiger partial charge in [-0.2, -0.15) is 4.98 Å². The van der Waals surface area contributed by atoms with Crippen molar-refractivity contribution in [2.75, 3.05) is 6.61 Å². The van der Waals surface area contributed by atoms with Gasteiger partial charge in [-0.15, -0.1) is 11.3 Å². The molecule has 4 heterocycles. The number of nitrogens with one attached hydrogen (secondary N) is 1. The van der Waals surface area contributed by atoms with Crippen LogP contribution < -0.4 is 5.32 Å². The van der Waals surface area contributed by atoms with E-state index in [-0.39, 0.29) is 25.1 Å². The van der Waals surface area contributed by atoms with E-state index in [9.17, 15) is 9.59 Å². The highest BCUT2D eigenvalue weighted by atomic mass is 32.1. The molecule has 1 atom stereocenters. The van der Waals surface area contributed by atoms with Gasteiger partial charge in [0.25, 0.3) is 0 Å². The van der Waals surface area contributed by atoms with Crippen molar-refractivity contribution in [2.24, 2.45) is 0 Å². The molecule has 0 fully saturated rings. The Kier molecular flexibility index (Phi) is 4.69. The number of hydrogen-bond acceptors (Lipinski definition) is 7. The molecule has 8 nitrogen and oxygen atoms in total. The molecule has 2 aromatic heterocycles. The molecule has 0 aromatic carbocycles. The molecule has 2 aliphatic heterocycles. The first-order valence-corrected chi connectivity index (χ1v) is 9.84. The molecule has 2 aromatic rings. The number of nitrogens with zero attached hydrogens (tertiary/aromatic N) is 3. The molecule has 0 saturated heterocycles. The zero-order valence-corrected chi connectivity index (χ0v) is 15.9. The number of rotatable bonds is 6. The number of hydrogen-bond donors (Lipinski definition) is 1. The number of cyclic esters (lactones) is 1. The van der Waals surface area contributed by atoms with E-state index in [2.05, 4.69) is 29.3 Å². The summed E-state index contributed by atoms with van der Waals surface area (Å²) in [5, 5.41) is 8.81. The Morgan fingerprint density at radius 3 is 2.89 bits per heavy atom. The van der Waals surface area contributed by atoms with Crippen molar-refractivity contribution in [1.82, 2.24) is 20.4 Å². The van der Waals surface area contributed by atoms with E-state index in [1.54, 1.807) is 0 Å². The average Bonchev–Trinajstić information content (AvgIpc) is 3.40. The molecular formula is C18H20N4O4S. The standard InChI is InChI=1S/C18H20N4O4S/c1-3-10(4-2)16-19-13(21-26-16)8-22-11-9-25-17(23)14(11)15(20-18(22)24)12-6-5-7-27-12/h5-7,10,15H,3-4,8-9H2,1-2H3,(H,20,24)/t15-/m1/s1. The summed E-state index contributed by atoms with van der Waals surface area (Å²) in [7, 11) is 0. The minimum atomic E-state index is -0.482. The third-order valence-corrected chi connectivity index (χ3v) is 5.88. The highest BCUT2D eigenvalue weighted by Crippen LogP contribution is 2.37. The minimum Gasteiger partial charge on any atom is -0.456 e. The van der Waals surface area contributed by atoms with E-state index in [0.29, 0.717) is 23.0 Å². The summed E-state index contributed by atoms with van der Waals surface area (Å²) in [5.41, 5.74) is 1.04. The number of thiophene rings is 1. The summed E-state index contributed by atoms with van der Waals surface area (Å²) in [6.45, 7) is 4.33. The lowest BCUT2D eigenvalue weighted by Gasteiger charge is -2.31. The quantitative estimate of drug-likeness (QED) is 0.764. The van der Waals surface area contributed by atoms with E-state index in [4.69, 9.17) is 9.26 Å². The van der Waals surface area contributed by atoms with Crippen LogP contribution in [-0.4, -0.2) is 33.6 Å². The zero-order valence-electron chi connectivity index (χ0n) is 15.1. The van der Waals surface area contributed by atoms with Crippen LogP contribution in [0, 0.1) is 0 Å². The summed E-state index contributed by atoms with van der Waals surface area (Å²) in [6.07, 6.45) is 1.81. The van der Waals surface area contributed by atoms with Gasteiger partial charge in [-0.05, 0) is 24.3 Å². The number of amides is 2. The van der Waals surface area contributed by atoms with Crippen LogP contribution in [0.15, 0.2) is 33.3 Å². The van der Waals surface area contributed by atoms with Gasteiger partial charge in [0.15, 0.2) is 5.82 Å². The van der Waals surface area contributed by atoms with Crippen molar-refractivity contribution in [1.29, 1.82) is 0 Å². The summed E-state index contributed by atoms with van der Waals surface area (Å²) in [6, 6.07) is 2.99. The summed E-state index contributed by atoms with van der Waals surface area (Å²) in [5.74, 6) is 0.791. The Balaban J connectivity index is 1.63. The van der Waals surface area contributed by atoms with Gasteiger partial charge in [0.1, 0.15) is 6.61 Å². The lowest BCUT2D eigenvalue weighted by molar-refractivity contribution is -0.136. The lowest BCUT2D eigenvalue weighted by atomic mass is 10.0. The Morgan fingerprint density at radius 1 is 1.37 bits per heavy atom. The molecule has 9 heteroatoms. The van der Waals surface area contributed by atoms with Crippen LogP contribution >= 0.6 is 11.3 Å². The van der Waals surface area contributed by atoms with E-state index >= 15 is 0 Å². The second-order valence-electron chi connectivity index (χ2n) is 6.48. The number of urea groups is 1. The highest BCUT2D eigenvalue weighted by Gasteiger charge is 2.43. The van der Waals surface area contributed by atoms with Gasteiger partial charge >= 0.3 is 12.0 Å². The van der Waals surface area contributed by atoms with Crippen LogP contribution in [0.25, 0.3) is 0 Å². The molecule has 0 bridgehead atoms. The third kappa shape index (κ3) is 3.12. The van der Waals surface area contributed by atoms with Crippen LogP contribution in [0.2, 0.25) is 0 Å². The van der Waals surface area contributed by atoms with E-state index < -0.39 is 12.0 Å². The van der Waals surface area contributed by atoms with Gasteiger partial charge in [0.05, 0.1) is 23.9 Å². The van der Waals surface area contributed by atoms with Gasteiger partial charge < -0.3 is 14.6 Å². The monoisotopic (exact) mass is 388 g/mol. The van der Waals surface area contributed by atoms with Gasteiger partial charge in [0, 0.05) is 10.8 Å². The topological polar surface area (TPSA) is 97.6 Å². The molecule has 2 amide bonds. The van der Waals surface area contributed by atoms with E-state index in [1.807, 2.05) is 17.5 Å². The second-order valence-corrected chi connectivity index (χ2v) is 7.46. The van der Waals surface area contributed by atoms with Gasteiger partial charge in [-0.25, -0.2) is 9.59 Å². The molecule has 0 spiro atoms. The van der Waals surface area contributed by atoms with Crippen LogP contribution in [0.5, 0.6) is 0 Å². The fourth-order valence-corrected chi connectivity index (χ4v) is 4.21. The largest absolute Gasteiger partial charge is 0.456 e. The van der Waals surface area contributed by atoms with Crippen LogP contribution in [0.4, 0.5) is 4.79 Å². The maximum absolute atomic E-state index is 12.7. The molecule has 142 valence electrons. The van der Waals surface area contributed by atoms with Crippen molar-refractivity contribution >= 4 is 23.3 Å². The Hall–Kier alpha value is -2.68. The zero-order chi connectivity index (χ0) is 19.0. The molecule has 0 aliphatic carbocycles. The first-order chi connectivity index (χ1) is 13.1. The van der Waals surface area contributed by atoms with Gasteiger partial charge in [0.2, 0.25) is 5.89 Å². The molecule has 4 rings (SSSR count). The van der Waals surface area contributed by atoms with Crippen molar-refractivity contribution in [3.63, 3.8) is 0 Å². The molecule has 27 heavy (non-hydrogen) atoms. The van der Waals surface area contributed by atoms with Crippen LogP contribution in [0.3, 0.4) is 0 Å². The Labute approximate surface area is 160 Å². The van der Waals surface area contributed by atoms with Crippen LogP contribution in [0.1, 0.15) is 55.2 Å². The first kappa shape index (κ1) is 17.7. The van der Waals surface area contributed by atoms with Gasteiger partial charge in [-0.1, -0.05) is 25.1 Å². The normalized spacial score (nSPS) is 19.5. The highest BCUT2D eigenvalue weighted by molar-refractivity contribution is 7.10. The number of ether oxygens (including phenoxy) is 1. The molecule has 1 N–H and O–H groups in total. The molecule has 0 unspecified atom stereocenters. The number of carbonyl (C=O) groups excluding carboxylic acids is 2. The molecule has 0 radical (unpaired) electrons. The molecular weight excluding hydrogens is 368 g/mol. The number of esters is 1. The fraction of sp³-hybridized carbons (Fsp3) is 0.444.